The second-order valence-electron chi connectivity index (χ2n) is 5.36. The molecule has 2 nitrogen and oxygen atoms in total. The van der Waals surface area contributed by atoms with Crippen LogP contribution in [-0.2, 0) is 6.42 Å². The fraction of sp³-hybridized carbons (Fsp3) is 0.222. The number of furan rings is 1. The summed E-state index contributed by atoms with van der Waals surface area (Å²) in [6.45, 7) is 4.19. The first-order valence-electron chi connectivity index (χ1n) is 7.12. The number of rotatable bonds is 3. The van der Waals surface area contributed by atoms with Crippen LogP contribution in [0.2, 0.25) is 0 Å². The summed E-state index contributed by atoms with van der Waals surface area (Å²) in [6, 6.07) is 14.3. The number of fused-ring (bicyclic) bond motifs is 1. The molecule has 0 radical (unpaired) electrons. The molecule has 1 aromatic heterocycles. The smallest absolute Gasteiger partial charge is 0.137 e. The molecule has 1 unspecified atom stereocenters. The van der Waals surface area contributed by atoms with Crippen LogP contribution >= 0.6 is 15.9 Å². The predicted molar refractivity (Wildman–Crippen MR) is 90.5 cm³/mol. The average molecular weight is 344 g/mol. The summed E-state index contributed by atoms with van der Waals surface area (Å²) in [5, 5.41) is 1.08. The minimum atomic E-state index is -0.235. The lowest BCUT2D eigenvalue weighted by atomic mass is 10.0. The highest BCUT2D eigenvalue weighted by Gasteiger charge is 2.15. The minimum absolute atomic E-state index is 0.235. The number of halogens is 1. The Morgan fingerprint density at radius 2 is 1.86 bits per heavy atom. The van der Waals surface area contributed by atoms with Crippen LogP contribution < -0.4 is 5.73 Å². The van der Waals surface area contributed by atoms with Crippen molar-refractivity contribution < 1.29 is 4.42 Å². The van der Waals surface area contributed by atoms with E-state index in [2.05, 4.69) is 59.3 Å². The molecule has 0 spiro atoms. The Morgan fingerprint density at radius 3 is 2.52 bits per heavy atom. The van der Waals surface area contributed by atoms with Crippen LogP contribution in [0.15, 0.2) is 51.4 Å². The van der Waals surface area contributed by atoms with E-state index in [4.69, 9.17) is 10.2 Å². The van der Waals surface area contributed by atoms with Gasteiger partial charge in [0.25, 0.3) is 0 Å². The van der Waals surface area contributed by atoms with E-state index >= 15 is 0 Å². The zero-order valence-corrected chi connectivity index (χ0v) is 13.8. The molecule has 2 N–H and O–H groups in total. The highest BCUT2D eigenvalue weighted by Crippen LogP contribution is 2.31. The molecule has 0 aliphatic rings. The van der Waals surface area contributed by atoms with Gasteiger partial charge in [-0.05, 0) is 48.2 Å². The van der Waals surface area contributed by atoms with Crippen molar-refractivity contribution in [3.05, 3.63) is 69.4 Å². The molecule has 0 aliphatic heterocycles. The summed E-state index contributed by atoms with van der Waals surface area (Å²) in [5.74, 6) is 0.801. The van der Waals surface area contributed by atoms with Gasteiger partial charge in [-0.3, -0.25) is 0 Å². The molecular formula is C18H18BrNO. The van der Waals surface area contributed by atoms with Gasteiger partial charge >= 0.3 is 0 Å². The van der Waals surface area contributed by atoms with Gasteiger partial charge in [0.05, 0.1) is 6.04 Å². The number of benzene rings is 2. The molecule has 2 aromatic carbocycles. The first-order valence-corrected chi connectivity index (χ1v) is 7.91. The highest BCUT2D eigenvalue weighted by molar-refractivity contribution is 9.10. The van der Waals surface area contributed by atoms with Crippen molar-refractivity contribution in [3.8, 4) is 0 Å². The van der Waals surface area contributed by atoms with Crippen LogP contribution in [0.3, 0.4) is 0 Å². The molecule has 0 saturated heterocycles. The molecule has 0 saturated carbocycles. The quantitative estimate of drug-likeness (QED) is 0.717. The molecule has 0 amide bonds. The van der Waals surface area contributed by atoms with Crippen molar-refractivity contribution in [1.82, 2.24) is 0 Å². The van der Waals surface area contributed by atoms with Crippen molar-refractivity contribution in [2.75, 3.05) is 0 Å². The lowest BCUT2D eigenvalue weighted by molar-refractivity contribution is 0.523. The first-order chi connectivity index (χ1) is 10.1. The lowest BCUT2D eigenvalue weighted by Gasteiger charge is -2.09. The standard InChI is InChI=1S/C18H18BrNO/c1-3-12-4-6-13(7-5-12)17(20)16-10-14-9-15(19)8-11(2)18(14)21-16/h4-10,17H,3,20H2,1-2H3. The molecule has 1 heterocycles. The predicted octanol–water partition coefficient (Wildman–Crippen LogP) is 5.11. The first kappa shape index (κ1) is 14.4. The van der Waals surface area contributed by atoms with E-state index in [0.29, 0.717) is 0 Å². The van der Waals surface area contributed by atoms with Gasteiger partial charge in [0.1, 0.15) is 11.3 Å². The normalized spacial score (nSPS) is 12.8. The van der Waals surface area contributed by atoms with Crippen LogP contribution in [0.5, 0.6) is 0 Å². The number of aryl methyl sites for hydroxylation is 2. The van der Waals surface area contributed by atoms with Crippen molar-refractivity contribution in [2.24, 2.45) is 5.73 Å². The Bertz CT molecular complexity index is 774. The molecule has 0 fully saturated rings. The van der Waals surface area contributed by atoms with Gasteiger partial charge in [-0.2, -0.15) is 0 Å². The molecule has 3 heteroatoms. The van der Waals surface area contributed by atoms with E-state index in [1.54, 1.807) is 0 Å². The third-order valence-electron chi connectivity index (χ3n) is 3.84. The largest absolute Gasteiger partial charge is 0.459 e. The minimum Gasteiger partial charge on any atom is -0.459 e. The molecular weight excluding hydrogens is 326 g/mol. The van der Waals surface area contributed by atoms with Gasteiger partial charge in [0.15, 0.2) is 0 Å². The van der Waals surface area contributed by atoms with Crippen LogP contribution in [0.4, 0.5) is 0 Å². The third-order valence-corrected chi connectivity index (χ3v) is 4.30. The van der Waals surface area contributed by atoms with Crippen molar-refractivity contribution in [1.29, 1.82) is 0 Å². The molecule has 108 valence electrons. The van der Waals surface area contributed by atoms with E-state index in [1.165, 1.54) is 5.56 Å². The maximum Gasteiger partial charge on any atom is 0.137 e. The van der Waals surface area contributed by atoms with E-state index in [9.17, 15) is 0 Å². The summed E-state index contributed by atoms with van der Waals surface area (Å²) in [7, 11) is 0. The molecule has 1 atom stereocenters. The highest BCUT2D eigenvalue weighted by atomic mass is 79.9. The molecule has 3 aromatic rings. The molecule has 21 heavy (non-hydrogen) atoms. The van der Waals surface area contributed by atoms with Gasteiger partial charge in [-0.15, -0.1) is 0 Å². The van der Waals surface area contributed by atoms with Crippen molar-refractivity contribution in [2.45, 2.75) is 26.3 Å². The fourth-order valence-corrected chi connectivity index (χ4v) is 3.17. The summed E-state index contributed by atoms with van der Waals surface area (Å²) in [6.07, 6.45) is 1.04. The summed E-state index contributed by atoms with van der Waals surface area (Å²) in [5.41, 5.74) is 10.8. The van der Waals surface area contributed by atoms with Crippen LogP contribution in [0, 0.1) is 6.92 Å². The third kappa shape index (κ3) is 2.76. The molecule has 0 aliphatic carbocycles. The Labute approximate surface area is 133 Å². The number of hydrogen-bond donors (Lipinski definition) is 1. The maximum absolute atomic E-state index is 6.35. The monoisotopic (exact) mass is 343 g/mol. The summed E-state index contributed by atoms with van der Waals surface area (Å²) in [4.78, 5) is 0. The SMILES string of the molecule is CCc1ccc(C(N)c2cc3cc(Br)cc(C)c3o2)cc1. The van der Waals surface area contributed by atoms with E-state index in [-0.39, 0.29) is 6.04 Å². The summed E-state index contributed by atoms with van der Waals surface area (Å²) >= 11 is 3.52. The van der Waals surface area contributed by atoms with Crippen molar-refractivity contribution >= 4 is 26.9 Å². The van der Waals surface area contributed by atoms with E-state index in [0.717, 1.165) is 38.7 Å². The average Bonchev–Trinajstić information content (AvgIpc) is 2.91. The van der Waals surface area contributed by atoms with Gasteiger partial charge in [0.2, 0.25) is 0 Å². The van der Waals surface area contributed by atoms with E-state index in [1.807, 2.05) is 13.0 Å². The number of nitrogens with two attached hydrogens (primary N) is 1. The topological polar surface area (TPSA) is 39.2 Å². The Kier molecular flexibility index (Phi) is 3.87. The second kappa shape index (κ2) is 5.66. The second-order valence-corrected chi connectivity index (χ2v) is 6.28. The van der Waals surface area contributed by atoms with Gasteiger partial charge < -0.3 is 10.2 Å². The summed E-state index contributed by atoms with van der Waals surface area (Å²) < 4.78 is 7.04. The van der Waals surface area contributed by atoms with E-state index < -0.39 is 0 Å². The maximum atomic E-state index is 6.35. The zero-order chi connectivity index (χ0) is 15.0. The Hall–Kier alpha value is -1.58. The lowest BCUT2D eigenvalue weighted by Crippen LogP contribution is -2.10. The molecule has 3 rings (SSSR count). The van der Waals surface area contributed by atoms with Gasteiger partial charge in [0, 0.05) is 9.86 Å². The van der Waals surface area contributed by atoms with Crippen LogP contribution in [-0.4, -0.2) is 0 Å². The Balaban J connectivity index is 2.00. The fourth-order valence-electron chi connectivity index (χ4n) is 2.58. The van der Waals surface area contributed by atoms with Crippen molar-refractivity contribution in [3.63, 3.8) is 0 Å². The van der Waals surface area contributed by atoms with Crippen LogP contribution in [0.1, 0.15) is 35.4 Å². The Morgan fingerprint density at radius 1 is 1.14 bits per heavy atom. The van der Waals surface area contributed by atoms with Gasteiger partial charge in [-0.25, -0.2) is 0 Å². The number of hydrogen-bond acceptors (Lipinski definition) is 2. The van der Waals surface area contributed by atoms with Gasteiger partial charge in [-0.1, -0.05) is 47.1 Å². The molecule has 0 bridgehead atoms. The zero-order valence-electron chi connectivity index (χ0n) is 12.2. The van der Waals surface area contributed by atoms with Crippen LogP contribution in [0.25, 0.3) is 11.0 Å².